The Morgan fingerprint density at radius 1 is 1.45 bits per heavy atom. The summed E-state index contributed by atoms with van der Waals surface area (Å²) >= 11 is 1.64. The van der Waals surface area contributed by atoms with Gasteiger partial charge in [0.2, 0.25) is 0 Å². The smallest absolute Gasteiger partial charge is 0.252 e. The first-order valence-corrected chi connectivity index (χ1v) is 9.13. The molecular weight excluding hydrogens is 296 g/mol. The molecule has 0 spiro atoms. The lowest BCUT2D eigenvalue weighted by atomic mass is 9.98. The lowest BCUT2D eigenvalue weighted by Crippen LogP contribution is -2.51. The zero-order chi connectivity index (χ0) is 15.6. The number of amides is 1. The molecule has 2 aliphatic heterocycles. The van der Waals surface area contributed by atoms with E-state index < -0.39 is 5.60 Å². The monoisotopic (exact) mass is 320 g/mol. The fraction of sp³-hybridized carbons (Fsp3) is 0.588. The van der Waals surface area contributed by atoms with Gasteiger partial charge in [-0.3, -0.25) is 9.69 Å². The molecule has 1 saturated heterocycles. The molecule has 22 heavy (non-hydrogen) atoms. The number of rotatable bonds is 4. The van der Waals surface area contributed by atoms with Crippen molar-refractivity contribution in [3.8, 4) is 0 Å². The highest BCUT2D eigenvalue weighted by Gasteiger charge is 2.39. The SMILES string of the molecule is CC(CNC(=O)C1(O)CCSC1)N1CCc2ccccc2C1. The topological polar surface area (TPSA) is 52.6 Å². The lowest BCUT2D eigenvalue weighted by Gasteiger charge is -2.34. The zero-order valence-electron chi connectivity index (χ0n) is 13.0. The molecule has 120 valence electrons. The van der Waals surface area contributed by atoms with Crippen molar-refractivity contribution in [3.63, 3.8) is 0 Å². The number of thioether (sulfide) groups is 1. The van der Waals surface area contributed by atoms with Gasteiger partial charge in [0.25, 0.3) is 5.91 Å². The van der Waals surface area contributed by atoms with E-state index in [9.17, 15) is 9.90 Å². The number of hydrogen-bond acceptors (Lipinski definition) is 4. The van der Waals surface area contributed by atoms with E-state index in [0.29, 0.717) is 18.7 Å². The van der Waals surface area contributed by atoms with Gasteiger partial charge < -0.3 is 10.4 Å². The molecule has 0 aromatic heterocycles. The highest BCUT2D eigenvalue weighted by molar-refractivity contribution is 7.99. The van der Waals surface area contributed by atoms with Gasteiger partial charge in [-0.05, 0) is 36.6 Å². The predicted octanol–water partition coefficient (Wildman–Crippen LogP) is 1.42. The van der Waals surface area contributed by atoms with Crippen molar-refractivity contribution in [1.29, 1.82) is 0 Å². The molecule has 0 aliphatic carbocycles. The van der Waals surface area contributed by atoms with E-state index in [4.69, 9.17) is 0 Å². The molecule has 2 atom stereocenters. The van der Waals surface area contributed by atoms with Crippen LogP contribution in [-0.2, 0) is 17.8 Å². The molecule has 2 heterocycles. The maximum absolute atomic E-state index is 12.2. The molecule has 4 nitrogen and oxygen atoms in total. The van der Waals surface area contributed by atoms with Gasteiger partial charge in [0, 0.05) is 31.4 Å². The highest BCUT2D eigenvalue weighted by atomic mass is 32.2. The van der Waals surface area contributed by atoms with Crippen molar-refractivity contribution >= 4 is 17.7 Å². The average Bonchev–Trinajstić information content (AvgIpc) is 2.99. The second-order valence-corrected chi connectivity index (χ2v) is 7.49. The van der Waals surface area contributed by atoms with E-state index in [0.717, 1.165) is 25.3 Å². The molecule has 1 amide bonds. The van der Waals surface area contributed by atoms with E-state index >= 15 is 0 Å². The Morgan fingerprint density at radius 3 is 2.95 bits per heavy atom. The zero-order valence-corrected chi connectivity index (χ0v) is 13.9. The lowest BCUT2D eigenvalue weighted by molar-refractivity contribution is -0.137. The van der Waals surface area contributed by atoms with Crippen LogP contribution in [0.5, 0.6) is 0 Å². The van der Waals surface area contributed by atoms with Crippen LogP contribution in [0.1, 0.15) is 24.5 Å². The van der Waals surface area contributed by atoms with Crippen LogP contribution in [0.2, 0.25) is 0 Å². The standard InChI is InChI=1S/C17H24N2O2S/c1-13(10-18-16(20)17(21)7-9-22-12-17)19-8-6-14-4-2-3-5-15(14)11-19/h2-5,13,21H,6-12H2,1H3,(H,18,20). The summed E-state index contributed by atoms with van der Waals surface area (Å²) < 4.78 is 0. The maximum atomic E-state index is 12.2. The van der Waals surface area contributed by atoms with Gasteiger partial charge in [0.1, 0.15) is 0 Å². The molecule has 0 saturated carbocycles. The molecule has 0 bridgehead atoms. The van der Waals surface area contributed by atoms with Crippen LogP contribution in [-0.4, -0.2) is 52.2 Å². The summed E-state index contributed by atoms with van der Waals surface area (Å²) in [5, 5.41) is 13.2. The molecule has 2 N–H and O–H groups in total. The first-order valence-electron chi connectivity index (χ1n) is 7.98. The van der Waals surface area contributed by atoms with E-state index in [-0.39, 0.29) is 11.9 Å². The Morgan fingerprint density at radius 2 is 2.23 bits per heavy atom. The van der Waals surface area contributed by atoms with E-state index in [1.807, 2.05) is 0 Å². The third-order valence-electron chi connectivity index (χ3n) is 4.77. The molecule has 2 aliphatic rings. The normalized spacial score (nSPS) is 26.5. The number of aliphatic hydroxyl groups is 1. The summed E-state index contributed by atoms with van der Waals surface area (Å²) in [4.78, 5) is 14.6. The Kier molecular flexibility index (Phi) is 4.76. The van der Waals surface area contributed by atoms with Crippen molar-refractivity contribution in [2.45, 2.75) is 38.0 Å². The number of carbonyl (C=O) groups excluding carboxylic acids is 1. The van der Waals surface area contributed by atoms with Gasteiger partial charge in [-0.2, -0.15) is 11.8 Å². The fourth-order valence-electron chi connectivity index (χ4n) is 3.16. The van der Waals surface area contributed by atoms with Crippen molar-refractivity contribution in [3.05, 3.63) is 35.4 Å². The Hall–Kier alpha value is -1.04. The third kappa shape index (κ3) is 3.31. The van der Waals surface area contributed by atoms with Crippen LogP contribution in [0.4, 0.5) is 0 Å². The predicted molar refractivity (Wildman–Crippen MR) is 89.9 cm³/mol. The minimum absolute atomic E-state index is 0.207. The molecule has 1 fully saturated rings. The minimum Gasteiger partial charge on any atom is -0.379 e. The van der Waals surface area contributed by atoms with Crippen LogP contribution in [0.15, 0.2) is 24.3 Å². The number of nitrogens with one attached hydrogen (secondary N) is 1. The highest BCUT2D eigenvalue weighted by Crippen LogP contribution is 2.28. The van der Waals surface area contributed by atoms with Crippen molar-refractivity contribution in [2.75, 3.05) is 24.6 Å². The van der Waals surface area contributed by atoms with Gasteiger partial charge >= 0.3 is 0 Å². The Labute approximate surface area is 136 Å². The van der Waals surface area contributed by atoms with Crippen LogP contribution in [0, 0.1) is 0 Å². The number of nitrogens with zero attached hydrogens (tertiary/aromatic N) is 1. The second-order valence-electron chi connectivity index (χ2n) is 6.38. The van der Waals surface area contributed by atoms with Crippen molar-refractivity contribution in [1.82, 2.24) is 10.2 Å². The number of hydrogen-bond donors (Lipinski definition) is 2. The summed E-state index contributed by atoms with van der Waals surface area (Å²) in [7, 11) is 0. The first-order chi connectivity index (χ1) is 10.6. The molecule has 1 aromatic rings. The number of carbonyl (C=O) groups is 1. The molecular formula is C17H24N2O2S. The van der Waals surface area contributed by atoms with Crippen molar-refractivity contribution in [2.24, 2.45) is 0 Å². The summed E-state index contributed by atoms with van der Waals surface area (Å²) in [6, 6.07) is 8.84. The largest absolute Gasteiger partial charge is 0.379 e. The molecule has 0 radical (unpaired) electrons. The van der Waals surface area contributed by atoms with Gasteiger partial charge in [0.15, 0.2) is 5.60 Å². The van der Waals surface area contributed by atoms with Gasteiger partial charge in [-0.15, -0.1) is 0 Å². The minimum atomic E-state index is -1.15. The van der Waals surface area contributed by atoms with Gasteiger partial charge in [-0.25, -0.2) is 0 Å². The average molecular weight is 320 g/mol. The van der Waals surface area contributed by atoms with Crippen molar-refractivity contribution < 1.29 is 9.90 Å². The van der Waals surface area contributed by atoms with Gasteiger partial charge in [-0.1, -0.05) is 24.3 Å². The van der Waals surface area contributed by atoms with Crippen LogP contribution in [0.25, 0.3) is 0 Å². The van der Waals surface area contributed by atoms with E-state index in [2.05, 4.69) is 41.4 Å². The summed E-state index contributed by atoms with van der Waals surface area (Å²) in [5.41, 5.74) is 1.67. The number of fused-ring (bicyclic) bond motifs is 1. The summed E-state index contributed by atoms with van der Waals surface area (Å²) in [6.45, 7) is 4.69. The molecule has 2 unspecified atom stereocenters. The first kappa shape index (κ1) is 15.8. The van der Waals surface area contributed by atoms with E-state index in [1.165, 1.54) is 11.1 Å². The Balaban J connectivity index is 1.53. The molecule has 1 aromatic carbocycles. The molecule has 5 heteroatoms. The summed E-state index contributed by atoms with van der Waals surface area (Å²) in [6.07, 6.45) is 1.63. The summed E-state index contributed by atoms with van der Waals surface area (Å²) in [5.74, 6) is 1.17. The van der Waals surface area contributed by atoms with E-state index in [1.54, 1.807) is 11.8 Å². The van der Waals surface area contributed by atoms with Gasteiger partial charge in [0.05, 0.1) is 0 Å². The number of benzene rings is 1. The second kappa shape index (κ2) is 6.60. The third-order valence-corrected chi connectivity index (χ3v) is 5.94. The van der Waals surface area contributed by atoms with Crippen LogP contribution < -0.4 is 5.32 Å². The fourth-order valence-corrected chi connectivity index (χ4v) is 4.40. The molecule has 3 rings (SSSR count). The Bertz CT molecular complexity index is 543. The quantitative estimate of drug-likeness (QED) is 0.881. The maximum Gasteiger partial charge on any atom is 0.252 e. The van der Waals surface area contributed by atoms with Crippen LogP contribution >= 0.6 is 11.8 Å². The van der Waals surface area contributed by atoms with Crippen LogP contribution in [0.3, 0.4) is 0 Å².